The first-order valence-electron chi connectivity index (χ1n) is 4.95. The van der Waals surface area contributed by atoms with E-state index in [-0.39, 0.29) is 17.9 Å². The molecule has 14 heavy (non-hydrogen) atoms. The van der Waals surface area contributed by atoms with Crippen LogP contribution in [0.4, 0.5) is 0 Å². The Morgan fingerprint density at radius 1 is 1.57 bits per heavy atom. The van der Waals surface area contributed by atoms with E-state index in [1.807, 2.05) is 0 Å². The maximum Gasteiger partial charge on any atom is 0.237 e. The van der Waals surface area contributed by atoms with Crippen molar-refractivity contribution in [3.05, 3.63) is 0 Å². The Morgan fingerprint density at radius 3 is 3.00 bits per heavy atom. The maximum absolute atomic E-state index is 11.3. The van der Waals surface area contributed by atoms with Crippen molar-refractivity contribution in [3.8, 4) is 0 Å². The van der Waals surface area contributed by atoms with Gasteiger partial charge in [-0.2, -0.15) is 0 Å². The van der Waals surface area contributed by atoms with Crippen LogP contribution in [0, 0.1) is 0 Å². The molecule has 0 aromatic rings. The van der Waals surface area contributed by atoms with E-state index in [0.717, 1.165) is 19.4 Å². The van der Waals surface area contributed by atoms with E-state index in [1.54, 1.807) is 0 Å². The van der Waals surface area contributed by atoms with Crippen molar-refractivity contribution in [2.75, 3.05) is 19.6 Å². The quantitative estimate of drug-likeness (QED) is 0.508. The van der Waals surface area contributed by atoms with E-state index in [2.05, 4.69) is 16.0 Å². The topological polar surface area (TPSA) is 70.2 Å². The standard InChI is InChI=1S/C9H17N3O2/c1-7(13)10-5-6-11-8-3-2-4-12-9(8)14/h8,11H,2-6H2,1H3,(H,10,13)(H,12,14). The van der Waals surface area contributed by atoms with Crippen molar-refractivity contribution in [2.45, 2.75) is 25.8 Å². The summed E-state index contributed by atoms with van der Waals surface area (Å²) in [5, 5.41) is 8.56. The van der Waals surface area contributed by atoms with Crippen LogP contribution in [0.5, 0.6) is 0 Å². The summed E-state index contributed by atoms with van der Waals surface area (Å²) >= 11 is 0. The Bertz CT molecular complexity index is 218. The number of carbonyl (C=O) groups excluding carboxylic acids is 2. The summed E-state index contributed by atoms with van der Waals surface area (Å²) in [6.45, 7) is 3.47. The van der Waals surface area contributed by atoms with Gasteiger partial charge in [-0.25, -0.2) is 0 Å². The third-order valence-corrected chi connectivity index (χ3v) is 2.17. The zero-order valence-electron chi connectivity index (χ0n) is 8.43. The summed E-state index contributed by atoms with van der Waals surface area (Å²) in [6, 6.07) is -0.0856. The molecule has 2 amide bonds. The second-order valence-corrected chi connectivity index (χ2v) is 3.42. The number of hydrogen-bond donors (Lipinski definition) is 3. The number of rotatable bonds is 4. The van der Waals surface area contributed by atoms with Gasteiger partial charge in [-0.15, -0.1) is 0 Å². The molecule has 80 valence electrons. The van der Waals surface area contributed by atoms with Crippen molar-refractivity contribution in [3.63, 3.8) is 0 Å². The van der Waals surface area contributed by atoms with Gasteiger partial charge in [0.25, 0.3) is 0 Å². The molecule has 1 atom stereocenters. The lowest BCUT2D eigenvalue weighted by molar-refractivity contribution is -0.124. The second-order valence-electron chi connectivity index (χ2n) is 3.42. The van der Waals surface area contributed by atoms with Gasteiger partial charge in [-0.1, -0.05) is 0 Å². The van der Waals surface area contributed by atoms with Crippen molar-refractivity contribution >= 4 is 11.8 Å². The molecule has 1 rings (SSSR count). The molecule has 0 radical (unpaired) electrons. The summed E-state index contributed by atoms with van der Waals surface area (Å²) in [7, 11) is 0. The Kier molecular flexibility index (Phi) is 4.39. The van der Waals surface area contributed by atoms with Gasteiger partial charge in [0.2, 0.25) is 11.8 Å². The number of nitrogens with one attached hydrogen (secondary N) is 3. The molecule has 0 aromatic heterocycles. The average Bonchev–Trinajstić information content (AvgIpc) is 2.15. The predicted octanol–water partition coefficient (Wildman–Crippen LogP) is -1.01. The van der Waals surface area contributed by atoms with Crippen molar-refractivity contribution in [1.82, 2.24) is 16.0 Å². The predicted molar refractivity (Wildman–Crippen MR) is 52.7 cm³/mol. The Morgan fingerprint density at radius 2 is 2.36 bits per heavy atom. The smallest absolute Gasteiger partial charge is 0.237 e. The van der Waals surface area contributed by atoms with Crippen LogP contribution in [0.1, 0.15) is 19.8 Å². The molecule has 1 unspecified atom stereocenters. The van der Waals surface area contributed by atoms with E-state index < -0.39 is 0 Å². The van der Waals surface area contributed by atoms with Crippen LogP contribution in [0.15, 0.2) is 0 Å². The molecule has 1 fully saturated rings. The highest BCUT2D eigenvalue weighted by Crippen LogP contribution is 2.01. The van der Waals surface area contributed by atoms with E-state index in [9.17, 15) is 9.59 Å². The van der Waals surface area contributed by atoms with Crippen LogP contribution in [0.2, 0.25) is 0 Å². The fourth-order valence-corrected chi connectivity index (χ4v) is 1.45. The fourth-order valence-electron chi connectivity index (χ4n) is 1.45. The molecule has 1 aliphatic rings. The average molecular weight is 199 g/mol. The van der Waals surface area contributed by atoms with Gasteiger partial charge in [0.1, 0.15) is 0 Å². The summed E-state index contributed by atoms with van der Waals surface area (Å²) in [5.74, 6) is 0.0268. The minimum atomic E-state index is -0.0856. The van der Waals surface area contributed by atoms with Gasteiger partial charge < -0.3 is 16.0 Å². The molecule has 1 heterocycles. The maximum atomic E-state index is 11.3. The first-order chi connectivity index (χ1) is 6.70. The van der Waals surface area contributed by atoms with E-state index >= 15 is 0 Å². The Labute approximate surface area is 83.6 Å². The number of piperidine rings is 1. The summed E-state index contributed by atoms with van der Waals surface area (Å²) in [5.41, 5.74) is 0. The summed E-state index contributed by atoms with van der Waals surface area (Å²) in [6.07, 6.45) is 1.90. The minimum absolute atomic E-state index is 0.0418. The minimum Gasteiger partial charge on any atom is -0.355 e. The van der Waals surface area contributed by atoms with Crippen molar-refractivity contribution < 1.29 is 9.59 Å². The second kappa shape index (κ2) is 5.59. The van der Waals surface area contributed by atoms with E-state index in [0.29, 0.717) is 13.1 Å². The lowest BCUT2D eigenvalue weighted by Crippen LogP contribution is -2.49. The highest BCUT2D eigenvalue weighted by Gasteiger charge is 2.20. The third kappa shape index (κ3) is 3.74. The van der Waals surface area contributed by atoms with Crippen LogP contribution in [-0.2, 0) is 9.59 Å². The lowest BCUT2D eigenvalue weighted by Gasteiger charge is -2.22. The van der Waals surface area contributed by atoms with E-state index in [4.69, 9.17) is 0 Å². The van der Waals surface area contributed by atoms with Gasteiger partial charge in [0, 0.05) is 26.6 Å². The monoisotopic (exact) mass is 199 g/mol. The zero-order chi connectivity index (χ0) is 10.4. The summed E-state index contributed by atoms with van der Waals surface area (Å²) < 4.78 is 0. The molecule has 0 aromatic carbocycles. The molecule has 3 N–H and O–H groups in total. The van der Waals surface area contributed by atoms with Crippen LogP contribution in [0.3, 0.4) is 0 Å². The molecule has 1 aliphatic heterocycles. The molecule has 0 aliphatic carbocycles. The first kappa shape index (κ1) is 11.0. The molecular weight excluding hydrogens is 182 g/mol. The van der Waals surface area contributed by atoms with Crippen LogP contribution in [0.25, 0.3) is 0 Å². The third-order valence-electron chi connectivity index (χ3n) is 2.17. The molecule has 0 saturated carbocycles. The Hall–Kier alpha value is -1.10. The molecule has 1 saturated heterocycles. The first-order valence-corrected chi connectivity index (χ1v) is 4.95. The van der Waals surface area contributed by atoms with Crippen molar-refractivity contribution in [1.29, 1.82) is 0 Å². The fraction of sp³-hybridized carbons (Fsp3) is 0.778. The van der Waals surface area contributed by atoms with Gasteiger partial charge >= 0.3 is 0 Å². The van der Waals surface area contributed by atoms with Gasteiger partial charge in [0.05, 0.1) is 6.04 Å². The number of hydrogen-bond acceptors (Lipinski definition) is 3. The Balaban J connectivity index is 2.10. The largest absolute Gasteiger partial charge is 0.355 e. The molecular formula is C9H17N3O2. The number of amides is 2. The van der Waals surface area contributed by atoms with Crippen LogP contribution in [-0.4, -0.2) is 37.5 Å². The van der Waals surface area contributed by atoms with Gasteiger partial charge in [-0.05, 0) is 12.8 Å². The number of carbonyl (C=O) groups is 2. The molecule has 0 spiro atoms. The van der Waals surface area contributed by atoms with Gasteiger partial charge in [0.15, 0.2) is 0 Å². The lowest BCUT2D eigenvalue weighted by atomic mass is 10.1. The SMILES string of the molecule is CC(=O)NCCNC1CCCNC1=O. The normalized spacial score (nSPS) is 21.5. The molecule has 0 bridgehead atoms. The molecule has 5 nitrogen and oxygen atoms in total. The highest BCUT2D eigenvalue weighted by atomic mass is 16.2. The summed E-state index contributed by atoms with van der Waals surface area (Å²) in [4.78, 5) is 21.8. The van der Waals surface area contributed by atoms with Gasteiger partial charge in [-0.3, -0.25) is 9.59 Å². The van der Waals surface area contributed by atoms with E-state index in [1.165, 1.54) is 6.92 Å². The van der Waals surface area contributed by atoms with Crippen molar-refractivity contribution in [2.24, 2.45) is 0 Å². The van der Waals surface area contributed by atoms with Crippen LogP contribution < -0.4 is 16.0 Å². The highest BCUT2D eigenvalue weighted by molar-refractivity contribution is 5.82. The molecule has 5 heteroatoms. The van der Waals surface area contributed by atoms with Crippen LogP contribution >= 0.6 is 0 Å². The zero-order valence-corrected chi connectivity index (χ0v) is 8.43.